The topological polar surface area (TPSA) is 39.5 Å². The van der Waals surface area contributed by atoms with Gasteiger partial charge in [0.1, 0.15) is 5.52 Å². The molecule has 4 aromatic heterocycles. The van der Waals surface area contributed by atoms with Crippen LogP contribution in [0.15, 0.2) is 103 Å². The Hall–Kier alpha value is -5.47. The normalized spacial score (nSPS) is 12.2. The largest absolute Gasteiger partial charge is 0.394 e. The van der Waals surface area contributed by atoms with Crippen molar-refractivity contribution in [2.45, 2.75) is 0 Å². The lowest BCUT2D eigenvalue weighted by molar-refractivity contribution is 1.09. The highest BCUT2D eigenvalue weighted by atomic mass is 15.1. The average molecular weight is 484 g/mol. The van der Waals surface area contributed by atoms with Crippen LogP contribution in [-0.4, -0.2) is 18.9 Å². The summed E-state index contributed by atoms with van der Waals surface area (Å²) in [6, 6.07) is 36.1. The smallest absolute Gasteiger partial charge is 0.374 e. The Morgan fingerprint density at radius 1 is 0.553 bits per heavy atom. The molecule has 5 heteroatoms. The fraction of sp³-hybridized carbons (Fsp3) is 0. The summed E-state index contributed by atoms with van der Waals surface area (Å²) >= 11 is 0. The highest BCUT2D eigenvalue weighted by molar-refractivity contribution is 6.35. The molecule has 0 spiro atoms. The van der Waals surface area contributed by atoms with E-state index in [0.717, 1.165) is 27.8 Å². The molecule has 0 saturated heterocycles. The maximum Gasteiger partial charge on any atom is 0.374 e. The van der Waals surface area contributed by atoms with Crippen LogP contribution in [0.25, 0.3) is 81.5 Å². The standard InChI is InChI=1S/C33H17N5/c1-34-33-35-24-14-6-2-11-20(24)32(36-33)38-27-17-9-4-12-21(27)29-28(38)18-23-19-10-3-7-15-25(19)37-26-16-8-5-13-22(26)30(29)31(23)37/h2-18H. The maximum absolute atomic E-state index is 7.68. The van der Waals surface area contributed by atoms with Gasteiger partial charge in [0.25, 0.3) is 0 Å². The van der Waals surface area contributed by atoms with Crippen LogP contribution in [0.5, 0.6) is 0 Å². The number of nitrogens with zero attached hydrogens (tertiary/aromatic N) is 5. The monoisotopic (exact) mass is 483 g/mol. The fourth-order valence-electron chi connectivity index (χ4n) is 6.46. The second kappa shape index (κ2) is 6.84. The van der Waals surface area contributed by atoms with E-state index in [2.05, 4.69) is 97.7 Å². The summed E-state index contributed by atoms with van der Waals surface area (Å²) in [5, 5.41) is 8.22. The Balaban J connectivity index is 1.63. The van der Waals surface area contributed by atoms with Crippen molar-refractivity contribution < 1.29 is 0 Å². The van der Waals surface area contributed by atoms with E-state index in [0.29, 0.717) is 0 Å². The van der Waals surface area contributed by atoms with Crippen molar-refractivity contribution in [1.29, 1.82) is 0 Å². The van der Waals surface area contributed by atoms with Gasteiger partial charge in [-0.3, -0.25) is 4.57 Å². The highest BCUT2D eigenvalue weighted by Gasteiger charge is 2.25. The first-order valence-electron chi connectivity index (χ1n) is 12.6. The van der Waals surface area contributed by atoms with Crippen molar-refractivity contribution in [3.63, 3.8) is 0 Å². The van der Waals surface area contributed by atoms with E-state index in [9.17, 15) is 0 Å². The van der Waals surface area contributed by atoms with Crippen molar-refractivity contribution in [3.8, 4) is 5.82 Å². The average Bonchev–Trinajstić information content (AvgIpc) is 3.60. The SMILES string of the molecule is [C-]#[N+]c1nc(-n2c3ccccc3c3c4c5ccccc5n5c6ccccc6c(cc32)c45)c2ccccc2n1. The van der Waals surface area contributed by atoms with Gasteiger partial charge in [-0.1, -0.05) is 66.7 Å². The second-order valence-corrected chi connectivity index (χ2v) is 9.74. The summed E-state index contributed by atoms with van der Waals surface area (Å²) in [6.45, 7) is 7.68. The van der Waals surface area contributed by atoms with Crippen molar-refractivity contribution in [3.05, 3.63) is 115 Å². The summed E-state index contributed by atoms with van der Waals surface area (Å²) in [6.07, 6.45) is 0. The molecule has 4 heterocycles. The van der Waals surface area contributed by atoms with Crippen LogP contribution in [0, 0.1) is 6.57 Å². The Morgan fingerprint density at radius 3 is 1.92 bits per heavy atom. The summed E-state index contributed by atoms with van der Waals surface area (Å²) in [4.78, 5) is 12.9. The lowest BCUT2D eigenvalue weighted by Gasteiger charge is -2.08. The van der Waals surface area contributed by atoms with Crippen LogP contribution >= 0.6 is 0 Å². The second-order valence-electron chi connectivity index (χ2n) is 9.74. The van der Waals surface area contributed by atoms with Gasteiger partial charge in [-0.05, 0) is 36.4 Å². The molecule has 9 rings (SSSR count). The van der Waals surface area contributed by atoms with E-state index in [1.54, 1.807) is 0 Å². The van der Waals surface area contributed by atoms with Crippen molar-refractivity contribution in [1.82, 2.24) is 18.9 Å². The van der Waals surface area contributed by atoms with E-state index in [1.165, 1.54) is 48.9 Å². The third kappa shape index (κ3) is 2.26. The van der Waals surface area contributed by atoms with Crippen LogP contribution < -0.4 is 0 Å². The predicted octanol–water partition coefficient (Wildman–Crippen LogP) is 8.43. The summed E-state index contributed by atoms with van der Waals surface area (Å²) < 4.78 is 4.64. The molecule has 0 bridgehead atoms. The van der Waals surface area contributed by atoms with Crippen LogP contribution in [0.4, 0.5) is 5.95 Å². The quantitative estimate of drug-likeness (QED) is 0.220. The van der Waals surface area contributed by atoms with Crippen LogP contribution in [-0.2, 0) is 0 Å². The molecule has 38 heavy (non-hydrogen) atoms. The van der Waals surface area contributed by atoms with Gasteiger partial charge in [-0.15, -0.1) is 16.5 Å². The van der Waals surface area contributed by atoms with Gasteiger partial charge in [0.2, 0.25) is 5.82 Å². The van der Waals surface area contributed by atoms with Gasteiger partial charge >= 0.3 is 5.95 Å². The summed E-state index contributed by atoms with van der Waals surface area (Å²) in [5.41, 5.74) is 6.57. The number of hydrogen-bond donors (Lipinski definition) is 0. The molecule has 0 fully saturated rings. The molecule has 0 atom stereocenters. The van der Waals surface area contributed by atoms with Gasteiger partial charge in [-0.2, -0.15) is 0 Å². The van der Waals surface area contributed by atoms with Crippen molar-refractivity contribution in [2.24, 2.45) is 0 Å². The first kappa shape index (κ1) is 19.7. The molecule has 0 unspecified atom stereocenters. The van der Waals surface area contributed by atoms with Gasteiger partial charge in [0.05, 0.1) is 33.0 Å². The van der Waals surface area contributed by atoms with E-state index in [1.807, 2.05) is 24.3 Å². The van der Waals surface area contributed by atoms with Crippen molar-refractivity contribution in [2.75, 3.05) is 0 Å². The molecule has 5 aromatic carbocycles. The molecule has 9 aromatic rings. The van der Waals surface area contributed by atoms with Gasteiger partial charge in [-0.25, -0.2) is 0 Å². The predicted molar refractivity (Wildman–Crippen MR) is 155 cm³/mol. The third-order valence-electron chi connectivity index (χ3n) is 7.89. The van der Waals surface area contributed by atoms with Crippen LogP contribution in [0.3, 0.4) is 0 Å². The van der Waals surface area contributed by atoms with E-state index in [-0.39, 0.29) is 5.95 Å². The zero-order valence-corrected chi connectivity index (χ0v) is 20.1. The van der Waals surface area contributed by atoms with E-state index in [4.69, 9.17) is 11.6 Å². The minimum atomic E-state index is 0.150. The number of para-hydroxylation sites is 4. The lowest BCUT2D eigenvalue weighted by Crippen LogP contribution is -2.00. The number of hydrogen-bond acceptors (Lipinski definition) is 2. The Kier molecular flexibility index (Phi) is 3.55. The van der Waals surface area contributed by atoms with E-state index >= 15 is 0 Å². The zero-order valence-electron chi connectivity index (χ0n) is 20.1. The third-order valence-corrected chi connectivity index (χ3v) is 7.89. The zero-order chi connectivity index (χ0) is 25.0. The Morgan fingerprint density at radius 2 is 1.16 bits per heavy atom. The molecule has 0 N–H and O–H groups in total. The molecule has 0 radical (unpaired) electrons. The summed E-state index contributed by atoms with van der Waals surface area (Å²) in [7, 11) is 0. The van der Waals surface area contributed by atoms with Gasteiger partial charge in [0.15, 0.2) is 0 Å². The minimum Gasteiger partial charge on any atom is -0.394 e. The number of aromatic nitrogens is 4. The van der Waals surface area contributed by atoms with Gasteiger partial charge < -0.3 is 9.25 Å². The molecule has 174 valence electrons. The highest BCUT2D eigenvalue weighted by Crippen LogP contribution is 2.46. The molecule has 0 amide bonds. The fourth-order valence-corrected chi connectivity index (χ4v) is 6.46. The molecule has 5 nitrogen and oxygen atoms in total. The number of benzene rings is 5. The maximum atomic E-state index is 7.68. The number of fused-ring (bicyclic) bond motifs is 11. The Labute approximate surface area is 216 Å². The van der Waals surface area contributed by atoms with Gasteiger partial charge in [0, 0.05) is 32.3 Å². The first-order valence-corrected chi connectivity index (χ1v) is 12.6. The molecule has 0 aliphatic carbocycles. The van der Waals surface area contributed by atoms with E-state index < -0.39 is 0 Å². The minimum absolute atomic E-state index is 0.150. The molecule has 0 aliphatic rings. The molecular formula is C33H17N5. The summed E-state index contributed by atoms with van der Waals surface area (Å²) in [5.74, 6) is 0.881. The van der Waals surface area contributed by atoms with Crippen LogP contribution in [0.1, 0.15) is 0 Å². The lowest BCUT2D eigenvalue weighted by atomic mass is 10.0. The molecule has 0 saturated carbocycles. The Bertz CT molecular complexity index is 2470. The van der Waals surface area contributed by atoms with Crippen LogP contribution in [0.2, 0.25) is 0 Å². The van der Waals surface area contributed by atoms with Crippen molar-refractivity contribution >= 4 is 76.8 Å². The molecule has 0 aliphatic heterocycles. The first-order chi connectivity index (χ1) is 18.8. The molecular weight excluding hydrogens is 466 g/mol. The number of rotatable bonds is 1.